The van der Waals surface area contributed by atoms with Crippen molar-refractivity contribution in [3.63, 3.8) is 0 Å². The first-order chi connectivity index (χ1) is 6.59. The van der Waals surface area contributed by atoms with Crippen LogP contribution >= 0.6 is 15.9 Å². The van der Waals surface area contributed by atoms with Gasteiger partial charge in [0.25, 0.3) is 0 Å². The summed E-state index contributed by atoms with van der Waals surface area (Å²) in [5.41, 5.74) is 3.93. The first kappa shape index (κ1) is 13.4. The van der Waals surface area contributed by atoms with Crippen molar-refractivity contribution in [1.82, 2.24) is 0 Å². The van der Waals surface area contributed by atoms with Gasteiger partial charge in [-0.2, -0.15) is 0 Å². The van der Waals surface area contributed by atoms with E-state index in [1.807, 2.05) is 20.8 Å². The van der Waals surface area contributed by atoms with E-state index < -0.39 is 0 Å². The number of halogens is 1. The third-order valence-electron chi connectivity index (χ3n) is 1.78. The molecule has 0 aliphatic carbocycles. The zero-order chi connectivity index (χ0) is 11.1. The maximum atomic E-state index is 3.42. The fraction of sp³-hybridized carbons (Fsp3) is 0.385. The molecule has 0 saturated heterocycles. The van der Waals surface area contributed by atoms with E-state index in [-0.39, 0.29) is 0 Å². The van der Waals surface area contributed by atoms with Gasteiger partial charge in [0.05, 0.1) is 0 Å². The van der Waals surface area contributed by atoms with Gasteiger partial charge in [0, 0.05) is 0 Å². The highest BCUT2D eigenvalue weighted by molar-refractivity contribution is 9.11. The molecule has 14 heavy (non-hydrogen) atoms. The second kappa shape index (κ2) is 6.83. The Morgan fingerprint density at radius 1 is 1.21 bits per heavy atom. The first-order valence-corrected chi connectivity index (χ1v) is 5.80. The van der Waals surface area contributed by atoms with Crippen molar-refractivity contribution < 1.29 is 0 Å². The molecule has 0 radical (unpaired) electrons. The van der Waals surface area contributed by atoms with Crippen molar-refractivity contribution in [1.29, 1.82) is 0 Å². The number of benzene rings is 1. The molecule has 0 amide bonds. The monoisotopic (exact) mass is 254 g/mol. The van der Waals surface area contributed by atoms with E-state index in [1.165, 1.54) is 16.7 Å². The predicted molar refractivity (Wildman–Crippen MR) is 69.8 cm³/mol. The lowest BCUT2D eigenvalue weighted by atomic mass is 10.1. The van der Waals surface area contributed by atoms with Crippen LogP contribution < -0.4 is 0 Å². The van der Waals surface area contributed by atoms with Crippen LogP contribution in [0.4, 0.5) is 0 Å². The molecule has 0 fully saturated rings. The maximum Gasteiger partial charge on any atom is -0.00744 e. The lowest BCUT2D eigenvalue weighted by Gasteiger charge is -2.01. The van der Waals surface area contributed by atoms with E-state index in [9.17, 15) is 0 Å². The van der Waals surface area contributed by atoms with Gasteiger partial charge >= 0.3 is 0 Å². The Hall–Kier alpha value is -0.560. The Balaban J connectivity index is 0.000000791. The second-order valence-electron chi connectivity index (χ2n) is 3.09. The summed E-state index contributed by atoms with van der Waals surface area (Å²) in [7, 11) is 0. The van der Waals surface area contributed by atoms with Gasteiger partial charge in [-0.1, -0.05) is 53.5 Å². The molecule has 0 unspecified atom stereocenters. The molecule has 0 saturated carbocycles. The third kappa shape index (κ3) is 4.61. The zero-order valence-electron chi connectivity index (χ0n) is 9.69. The van der Waals surface area contributed by atoms with Crippen LogP contribution in [0, 0.1) is 13.8 Å². The van der Waals surface area contributed by atoms with Gasteiger partial charge < -0.3 is 0 Å². The van der Waals surface area contributed by atoms with E-state index in [0.29, 0.717) is 0 Å². The van der Waals surface area contributed by atoms with Crippen molar-refractivity contribution in [2.24, 2.45) is 0 Å². The fourth-order valence-electron chi connectivity index (χ4n) is 1.20. The summed E-state index contributed by atoms with van der Waals surface area (Å²) in [4.78, 5) is 0. The molecule has 1 aromatic rings. The van der Waals surface area contributed by atoms with Gasteiger partial charge in [-0.15, -0.1) is 0 Å². The van der Waals surface area contributed by atoms with Crippen molar-refractivity contribution in [2.75, 3.05) is 0 Å². The summed E-state index contributed by atoms with van der Waals surface area (Å²) in [6.45, 7) is 10.3. The Labute approximate surface area is 96.2 Å². The maximum absolute atomic E-state index is 3.42. The highest BCUT2D eigenvalue weighted by Gasteiger charge is 1.94. The van der Waals surface area contributed by atoms with Gasteiger partial charge in [0.2, 0.25) is 0 Å². The van der Waals surface area contributed by atoms with Crippen LogP contribution in [0.3, 0.4) is 0 Å². The molecular formula is C13H19Br. The Morgan fingerprint density at radius 3 is 2.21 bits per heavy atom. The van der Waals surface area contributed by atoms with Gasteiger partial charge in [0.15, 0.2) is 0 Å². The topological polar surface area (TPSA) is 0 Å². The lowest BCUT2D eigenvalue weighted by Crippen LogP contribution is -1.81. The number of allylic oxidation sites excluding steroid dienone is 1. The SMILES string of the molecule is C/C(Br)=C\c1ccc(C)cc1C.CC. The quantitative estimate of drug-likeness (QED) is 0.656. The Morgan fingerprint density at radius 2 is 1.79 bits per heavy atom. The number of hydrogen-bond acceptors (Lipinski definition) is 0. The highest BCUT2D eigenvalue weighted by atomic mass is 79.9. The van der Waals surface area contributed by atoms with Gasteiger partial charge in [-0.05, 0) is 42.5 Å². The van der Waals surface area contributed by atoms with Crippen LogP contribution in [0.25, 0.3) is 6.08 Å². The van der Waals surface area contributed by atoms with Crippen LogP contribution in [0.15, 0.2) is 22.7 Å². The smallest absolute Gasteiger partial charge is 0.00744 e. The minimum atomic E-state index is 1.16. The summed E-state index contributed by atoms with van der Waals surface area (Å²) in [5, 5.41) is 0. The van der Waals surface area contributed by atoms with Gasteiger partial charge in [0.1, 0.15) is 0 Å². The highest BCUT2D eigenvalue weighted by Crippen LogP contribution is 2.16. The molecule has 1 heteroatoms. The molecule has 0 aliphatic heterocycles. The molecule has 0 aliphatic rings. The Kier molecular flexibility index (Phi) is 6.56. The van der Waals surface area contributed by atoms with E-state index in [2.05, 4.69) is 54.1 Å². The number of aryl methyl sites for hydroxylation is 2. The fourth-order valence-corrected chi connectivity index (χ4v) is 1.45. The molecular weight excluding hydrogens is 236 g/mol. The minimum Gasteiger partial charge on any atom is -0.0683 e. The molecule has 78 valence electrons. The van der Waals surface area contributed by atoms with Crippen molar-refractivity contribution in [3.8, 4) is 0 Å². The van der Waals surface area contributed by atoms with E-state index in [4.69, 9.17) is 0 Å². The van der Waals surface area contributed by atoms with E-state index in [0.717, 1.165) is 4.48 Å². The van der Waals surface area contributed by atoms with Crippen LogP contribution in [0.5, 0.6) is 0 Å². The molecule has 0 aromatic heterocycles. The molecule has 0 bridgehead atoms. The van der Waals surface area contributed by atoms with Crippen molar-refractivity contribution in [3.05, 3.63) is 39.4 Å². The molecule has 0 heterocycles. The minimum absolute atomic E-state index is 1.16. The summed E-state index contributed by atoms with van der Waals surface area (Å²) in [6.07, 6.45) is 2.13. The van der Waals surface area contributed by atoms with Crippen molar-refractivity contribution >= 4 is 22.0 Å². The van der Waals surface area contributed by atoms with Crippen LogP contribution in [0.2, 0.25) is 0 Å². The van der Waals surface area contributed by atoms with E-state index in [1.54, 1.807) is 0 Å². The third-order valence-corrected chi connectivity index (χ3v) is 2.01. The van der Waals surface area contributed by atoms with Crippen LogP contribution in [0.1, 0.15) is 37.5 Å². The van der Waals surface area contributed by atoms with Crippen molar-refractivity contribution in [2.45, 2.75) is 34.6 Å². The predicted octanol–water partition coefficient (Wildman–Crippen LogP) is 5.09. The van der Waals surface area contributed by atoms with E-state index >= 15 is 0 Å². The molecule has 0 spiro atoms. The Bertz CT molecular complexity index is 307. The number of hydrogen-bond donors (Lipinski definition) is 0. The lowest BCUT2D eigenvalue weighted by molar-refractivity contribution is 1.37. The van der Waals surface area contributed by atoms with Crippen LogP contribution in [-0.2, 0) is 0 Å². The number of rotatable bonds is 1. The van der Waals surface area contributed by atoms with Gasteiger partial charge in [-0.3, -0.25) is 0 Å². The summed E-state index contributed by atoms with van der Waals surface area (Å²) in [5.74, 6) is 0. The summed E-state index contributed by atoms with van der Waals surface area (Å²) in [6, 6.07) is 6.48. The first-order valence-electron chi connectivity index (χ1n) is 5.00. The summed E-state index contributed by atoms with van der Waals surface area (Å²) < 4.78 is 1.16. The normalized spacial score (nSPS) is 10.6. The van der Waals surface area contributed by atoms with Gasteiger partial charge in [-0.25, -0.2) is 0 Å². The molecule has 0 N–H and O–H groups in total. The average molecular weight is 255 g/mol. The second-order valence-corrected chi connectivity index (χ2v) is 4.34. The van der Waals surface area contributed by atoms with Crippen LogP contribution in [-0.4, -0.2) is 0 Å². The standard InChI is InChI=1S/C11H13Br.C2H6/c1-8-4-5-11(7-10(3)12)9(2)6-8;1-2/h4-7H,1-3H3;1-2H3/b10-7+;. The molecule has 1 rings (SSSR count). The molecule has 1 aromatic carbocycles. The molecule has 0 atom stereocenters. The zero-order valence-corrected chi connectivity index (χ0v) is 11.3. The summed E-state index contributed by atoms with van der Waals surface area (Å²) >= 11 is 3.42. The average Bonchev–Trinajstić information content (AvgIpc) is 2.13. The largest absolute Gasteiger partial charge is 0.0683 e. The molecule has 0 nitrogen and oxygen atoms in total.